The van der Waals surface area contributed by atoms with Crippen LogP contribution in [0.3, 0.4) is 0 Å². The molecule has 0 aliphatic rings. The molecule has 92 valence electrons. The van der Waals surface area contributed by atoms with Gasteiger partial charge in [0.2, 0.25) is 0 Å². The molecule has 17 heavy (non-hydrogen) atoms. The number of benzene rings is 1. The van der Waals surface area contributed by atoms with Gasteiger partial charge in [0.05, 0.1) is 11.9 Å². The van der Waals surface area contributed by atoms with Crippen molar-refractivity contribution in [3.05, 3.63) is 43.0 Å². The first-order valence-corrected chi connectivity index (χ1v) is 6.46. The first-order valence-electron chi connectivity index (χ1n) is 4.88. The fourth-order valence-corrected chi connectivity index (χ4v) is 2.07. The Labute approximate surface area is 99.2 Å². The van der Waals surface area contributed by atoms with E-state index in [-0.39, 0.29) is 18.5 Å². The number of ether oxygens (including phenoxy) is 1. The van der Waals surface area contributed by atoms with Gasteiger partial charge in [0.25, 0.3) is 0 Å². The molecule has 0 bridgehead atoms. The van der Waals surface area contributed by atoms with E-state index in [0.717, 1.165) is 6.08 Å². The third-order valence-corrected chi connectivity index (χ3v) is 3.33. The van der Waals surface area contributed by atoms with Gasteiger partial charge in [-0.25, -0.2) is 4.79 Å². The van der Waals surface area contributed by atoms with Crippen LogP contribution in [0.2, 0.25) is 0 Å². The molecule has 1 unspecified atom stereocenters. The summed E-state index contributed by atoms with van der Waals surface area (Å²) in [6.07, 6.45) is 1.01. The van der Waals surface area contributed by atoms with E-state index in [1.165, 1.54) is 12.1 Å². The fraction of sp³-hybridized carbons (Fsp3) is 0.182. The number of esters is 1. The van der Waals surface area contributed by atoms with E-state index in [2.05, 4.69) is 11.3 Å². The van der Waals surface area contributed by atoms with Crippen LogP contribution in [0, 0.1) is 0 Å². The smallest absolute Gasteiger partial charge is 0.358 e. The van der Waals surface area contributed by atoms with E-state index < -0.39 is 13.6 Å². The Hall–Kier alpha value is -1.42. The van der Waals surface area contributed by atoms with Crippen LogP contribution in [0.25, 0.3) is 0 Å². The van der Waals surface area contributed by atoms with Crippen molar-refractivity contribution >= 4 is 18.9 Å². The first-order chi connectivity index (χ1) is 8.06. The van der Waals surface area contributed by atoms with Crippen LogP contribution in [0.4, 0.5) is 0 Å². The number of hydrogen-bond acceptors (Lipinski definition) is 4. The van der Waals surface area contributed by atoms with E-state index in [4.69, 9.17) is 4.52 Å². The molecule has 0 saturated carbocycles. The molecular formula is C11H13O5P. The van der Waals surface area contributed by atoms with E-state index in [1.807, 2.05) is 0 Å². The van der Waals surface area contributed by atoms with Crippen molar-refractivity contribution in [2.75, 3.05) is 13.2 Å². The monoisotopic (exact) mass is 256 g/mol. The van der Waals surface area contributed by atoms with Crippen LogP contribution in [-0.4, -0.2) is 24.1 Å². The van der Waals surface area contributed by atoms with Crippen LogP contribution in [-0.2, 0) is 18.6 Å². The lowest BCUT2D eigenvalue weighted by Crippen LogP contribution is -2.11. The molecule has 5 nitrogen and oxygen atoms in total. The molecule has 0 heterocycles. The predicted octanol–water partition coefficient (Wildman–Crippen LogP) is 1.24. The van der Waals surface area contributed by atoms with Gasteiger partial charge in [-0.1, -0.05) is 24.8 Å². The molecular weight excluding hydrogens is 243 g/mol. The van der Waals surface area contributed by atoms with E-state index in [1.54, 1.807) is 18.2 Å². The Bertz CT molecular complexity index is 429. The third kappa shape index (κ3) is 4.53. The molecule has 0 aliphatic carbocycles. The highest BCUT2D eigenvalue weighted by molar-refractivity contribution is 7.61. The van der Waals surface area contributed by atoms with Crippen LogP contribution in [0.5, 0.6) is 0 Å². The molecule has 1 rings (SSSR count). The Balaban J connectivity index is 2.43. The Morgan fingerprint density at radius 1 is 1.35 bits per heavy atom. The summed E-state index contributed by atoms with van der Waals surface area (Å²) in [5.41, 5.74) is 0. The SMILES string of the molecule is C=CC(=O)OCCOP(=O)(O)c1ccccc1. The van der Waals surface area contributed by atoms with Gasteiger partial charge in [-0.15, -0.1) is 0 Å². The van der Waals surface area contributed by atoms with Crippen molar-refractivity contribution < 1.29 is 23.5 Å². The van der Waals surface area contributed by atoms with Crippen molar-refractivity contribution in [1.29, 1.82) is 0 Å². The average Bonchev–Trinajstić information content (AvgIpc) is 2.35. The van der Waals surface area contributed by atoms with Crippen molar-refractivity contribution in [3.8, 4) is 0 Å². The number of rotatable bonds is 6. The van der Waals surface area contributed by atoms with E-state index in [0.29, 0.717) is 0 Å². The second kappa shape index (κ2) is 6.35. The van der Waals surface area contributed by atoms with Crippen LogP contribution in [0.15, 0.2) is 43.0 Å². The van der Waals surface area contributed by atoms with Gasteiger partial charge in [0, 0.05) is 6.08 Å². The van der Waals surface area contributed by atoms with Gasteiger partial charge in [0.1, 0.15) is 6.61 Å². The van der Waals surface area contributed by atoms with Gasteiger partial charge < -0.3 is 14.2 Å². The number of hydrogen-bond donors (Lipinski definition) is 1. The third-order valence-electron chi connectivity index (χ3n) is 1.84. The summed E-state index contributed by atoms with van der Waals surface area (Å²) in [4.78, 5) is 20.3. The topological polar surface area (TPSA) is 72.8 Å². The highest BCUT2D eigenvalue weighted by atomic mass is 31.2. The molecule has 0 aromatic heterocycles. The summed E-state index contributed by atoms with van der Waals surface area (Å²) in [6.45, 7) is 2.97. The van der Waals surface area contributed by atoms with Crippen molar-refractivity contribution in [2.45, 2.75) is 0 Å². The maximum absolute atomic E-state index is 11.7. The van der Waals surface area contributed by atoms with Gasteiger partial charge in [-0.05, 0) is 12.1 Å². The van der Waals surface area contributed by atoms with E-state index >= 15 is 0 Å². The molecule has 1 aromatic carbocycles. The fourth-order valence-electron chi connectivity index (χ4n) is 1.05. The summed E-state index contributed by atoms with van der Waals surface area (Å²) in [5.74, 6) is -0.596. The lowest BCUT2D eigenvalue weighted by molar-refractivity contribution is -0.138. The van der Waals surface area contributed by atoms with Crippen LogP contribution < -0.4 is 5.30 Å². The molecule has 0 aliphatic heterocycles. The zero-order chi connectivity index (χ0) is 12.7. The van der Waals surface area contributed by atoms with E-state index in [9.17, 15) is 14.3 Å². The van der Waals surface area contributed by atoms with Gasteiger partial charge in [-0.2, -0.15) is 0 Å². The second-order valence-electron chi connectivity index (χ2n) is 3.06. The predicted molar refractivity (Wildman–Crippen MR) is 63.0 cm³/mol. The summed E-state index contributed by atoms with van der Waals surface area (Å²) in [5, 5.41) is 0.204. The molecule has 1 N–H and O–H groups in total. The summed E-state index contributed by atoms with van der Waals surface area (Å²) >= 11 is 0. The van der Waals surface area contributed by atoms with Crippen LogP contribution >= 0.6 is 7.60 Å². The number of carbonyl (C=O) groups is 1. The van der Waals surface area contributed by atoms with Crippen molar-refractivity contribution in [2.24, 2.45) is 0 Å². The molecule has 1 aromatic rings. The summed E-state index contributed by atoms with van der Waals surface area (Å²) in [7, 11) is -3.83. The van der Waals surface area contributed by atoms with Crippen LogP contribution in [0.1, 0.15) is 0 Å². The summed E-state index contributed by atoms with van der Waals surface area (Å²) < 4.78 is 21.1. The average molecular weight is 256 g/mol. The summed E-state index contributed by atoms with van der Waals surface area (Å²) in [6, 6.07) is 8.00. The minimum atomic E-state index is -3.83. The molecule has 1 atom stereocenters. The molecule has 0 fully saturated rings. The lowest BCUT2D eigenvalue weighted by atomic mass is 10.4. The number of carbonyl (C=O) groups excluding carboxylic acids is 1. The highest BCUT2D eigenvalue weighted by Gasteiger charge is 2.21. The molecule has 0 saturated heterocycles. The largest absolute Gasteiger partial charge is 0.460 e. The Morgan fingerprint density at radius 3 is 2.59 bits per heavy atom. The maximum Gasteiger partial charge on any atom is 0.358 e. The quantitative estimate of drug-likeness (QED) is 0.359. The first kappa shape index (κ1) is 13.6. The van der Waals surface area contributed by atoms with Gasteiger partial charge in [0.15, 0.2) is 0 Å². The second-order valence-corrected chi connectivity index (χ2v) is 4.88. The Kier molecular flexibility index (Phi) is 5.10. The highest BCUT2D eigenvalue weighted by Crippen LogP contribution is 2.40. The molecule has 0 amide bonds. The standard InChI is InChI=1S/C11H13O5P/c1-2-11(12)15-8-9-16-17(13,14)10-6-4-3-5-7-10/h2-7H,1,8-9H2,(H,13,14). The molecule has 0 radical (unpaired) electrons. The maximum atomic E-state index is 11.7. The Morgan fingerprint density at radius 2 is 2.00 bits per heavy atom. The normalized spacial score (nSPS) is 13.7. The minimum absolute atomic E-state index is 0.0950. The zero-order valence-corrected chi connectivity index (χ0v) is 10.0. The van der Waals surface area contributed by atoms with Crippen molar-refractivity contribution in [1.82, 2.24) is 0 Å². The van der Waals surface area contributed by atoms with Gasteiger partial charge in [-0.3, -0.25) is 4.57 Å². The van der Waals surface area contributed by atoms with Crippen molar-refractivity contribution in [3.63, 3.8) is 0 Å². The van der Waals surface area contributed by atoms with Gasteiger partial charge >= 0.3 is 13.6 Å². The minimum Gasteiger partial charge on any atom is -0.460 e. The molecule has 0 spiro atoms. The zero-order valence-electron chi connectivity index (χ0n) is 9.11. The lowest BCUT2D eigenvalue weighted by Gasteiger charge is -2.11. The molecule has 6 heteroatoms.